The van der Waals surface area contributed by atoms with Crippen LogP contribution in [0.1, 0.15) is 21.6 Å². The molecule has 0 aliphatic rings. The van der Waals surface area contributed by atoms with Gasteiger partial charge in [0.25, 0.3) is 11.8 Å². The Balaban J connectivity index is 1.41. The maximum Gasteiger partial charge on any atom is 0.276 e. The van der Waals surface area contributed by atoms with E-state index in [4.69, 9.17) is 9.26 Å². The zero-order chi connectivity index (χ0) is 22.9. The monoisotopic (exact) mass is 440 g/mol. The Bertz CT molecular complexity index is 1470. The summed E-state index contributed by atoms with van der Waals surface area (Å²) >= 11 is 0. The van der Waals surface area contributed by atoms with Crippen LogP contribution >= 0.6 is 0 Å². The number of hydrogen-bond donors (Lipinski definition) is 1. The first-order valence-electron chi connectivity index (χ1n) is 10.2. The number of ether oxygens (including phenoxy) is 1. The number of aromatic nitrogens is 5. The van der Waals surface area contributed by atoms with Crippen LogP contribution in [0.15, 0.2) is 65.6 Å². The van der Waals surface area contributed by atoms with E-state index in [2.05, 4.69) is 25.4 Å². The molecule has 0 unspecified atom stereocenters. The smallest absolute Gasteiger partial charge is 0.276 e. The molecule has 1 amide bonds. The number of carbonyl (C=O) groups excluding carboxylic acids is 1. The number of hydrogen-bond acceptors (Lipinski definition) is 7. The van der Waals surface area contributed by atoms with Crippen LogP contribution in [0.2, 0.25) is 0 Å². The molecule has 0 radical (unpaired) electrons. The van der Waals surface area contributed by atoms with Crippen molar-refractivity contribution in [2.45, 2.75) is 13.8 Å². The fourth-order valence-electron chi connectivity index (χ4n) is 3.38. The molecule has 5 aromatic rings. The zero-order valence-corrected chi connectivity index (χ0v) is 18.2. The second-order valence-corrected chi connectivity index (χ2v) is 7.57. The van der Waals surface area contributed by atoms with Gasteiger partial charge in [-0.15, -0.1) is 0 Å². The molecular weight excluding hydrogens is 420 g/mol. The third-order valence-electron chi connectivity index (χ3n) is 5.25. The molecule has 5 rings (SSSR count). The van der Waals surface area contributed by atoms with E-state index in [1.165, 1.54) is 6.20 Å². The molecule has 164 valence electrons. The van der Waals surface area contributed by atoms with Crippen molar-refractivity contribution in [2.24, 2.45) is 0 Å². The van der Waals surface area contributed by atoms with Crippen molar-refractivity contribution < 1.29 is 14.1 Å². The summed E-state index contributed by atoms with van der Waals surface area (Å²) in [5, 5.41) is 7.04. The van der Waals surface area contributed by atoms with Gasteiger partial charge in [0.15, 0.2) is 0 Å². The molecule has 9 heteroatoms. The second-order valence-electron chi connectivity index (χ2n) is 7.57. The largest absolute Gasteiger partial charge is 0.497 e. The molecule has 0 aliphatic heterocycles. The number of pyridine rings is 2. The highest BCUT2D eigenvalue weighted by Crippen LogP contribution is 2.26. The molecule has 33 heavy (non-hydrogen) atoms. The van der Waals surface area contributed by atoms with Crippen LogP contribution in [0.5, 0.6) is 5.75 Å². The molecule has 4 aromatic heterocycles. The number of methoxy groups -OCH3 is 1. The SMILES string of the molecule is COc1ccn2c(C(=O)Nc3cc(-c4noc(-c5ccc(C)cn5)n4)ccc3C)cnc2c1. The number of fused-ring (bicyclic) bond motifs is 1. The van der Waals surface area contributed by atoms with Crippen LogP contribution in [0.25, 0.3) is 28.6 Å². The van der Waals surface area contributed by atoms with E-state index < -0.39 is 0 Å². The van der Waals surface area contributed by atoms with E-state index >= 15 is 0 Å². The summed E-state index contributed by atoms with van der Waals surface area (Å²) in [7, 11) is 1.59. The number of nitrogens with one attached hydrogen (secondary N) is 1. The van der Waals surface area contributed by atoms with E-state index in [0.717, 1.165) is 11.1 Å². The standard InChI is InChI=1S/C24H20N6O3/c1-14-4-7-18(25-12-14)24-28-22(29-33-24)16-6-5-15(2)19(10-16)27-23(31)20-13-26-21-11-17(32-3)8-9-30(20)21/h4-13H,1-3H3,(H,27,31). The number of benzene rings is 1. The number of amides is 1. The minimum Gasteiger partial charge on any atom is -0.497 e. The van der Waals surface area contributed by atoms with Crippen LogP contribution in [0.3, 0.4) is 0 Å². The highest BCUT2D eigenvalue weighted by molar-refractivity contribution is 6.04. The molecule has 1 aromatic carbocycles. The number of imidazole rings is 1. The molecule has 0 atom stereocenters. The molecule has 0 aliphatic carbocycles. The number of nitrogens with zero attached hydrogens (tertiary/aromatic N) is 5. The van der Waals surface area contributed by atoms with E-state index in [9.17, 15) is 4.79 Å². The molecular formula is C24H20N6O3. The Morgan fingerprint density at radius 2 is 1.94 bits per heavy atom. The van der Waals surface area contributed by atoms with Gasteiger partial charge in [0.2, 0.25) is 5.82 Å². The Hall–Kier alpha value is -4.53. The molecule has 4 heterocycles. The lowest BCUT2D eigenvalue weighted by Gasteiger charge is -2.09. The first-order chi connectivity index (χ1) is 16.0. The third-order valence-corrected chi connectivity index (χ3v) is 5.25. The average Bonchev–Trinajstić information content (AvgIpc) is 3.48. The predicted octanol–water partition coefficient (Wildman–Crippen LogP) is 4.32. The van der Waals surface area contributed by atoms with Crippen LogP contribution in [0.4, 0.5) is 5.69 Å². The van der Waals surface area contributed by atoms with Gasteiger partial charge < -0.3 is 14.6 Å². The zero-order valence-electron chi connectivity index (χ0n) is 18.2. The van der Waals surface area contributed by atoms with Crippen molar-refractivity contribution in [3.05, 3.63) is 77.9 Å². The second kappa shape index (κ2) is 8.19. The number of carbonyl (C=O) groups is 1. The Morgan fingerprint density at radius 3 is 2.73 bits per heavy atom. The fraction of sp³-hybridized carbons (Fsp3) is 0.125. The molecule has 0 spiro atoms. The summed E-state index contributed by atoms with van der Waals surface area (Å²) in [6, 6.07) is 12.9. The molecule has 0 saturated carbocycles. The van der Waals surface area contributed by atoms with Gasteiger partial charge >= 0.3 is 0 Å². The van der Waals surface area contributed by atoms with Gasteiger partial charge in [-0.2, -0.15) is 4.98 Å². The molecule has 1 N–H and O–H groups in total. The quantitative estimate of drug-likeness (QED) is 0.433. The summed E-state index contributed by atoms with van der Waals surface area (Å²) in [5.74, 6) is 1.12. The van der Waals surface area contributed by atoms with Gasteiger partial charge in [-0.3, -0.25) is 14.2 Å². The van der Waals surface area contributed by atoms with Crippen molar-refractivity contribution >= 4 is 17.2 Å². The van der Waals surface area contributed by atoms with Crippen LogP contribution < -0.4 is 10.1 Å². The van der Waals surface area contributed by atoms with Gasteiger partial charge in [-0.1, -0.05) is 23.4 Å². The lowest BCUT2D eigenvalue weighted by molar-refractivity contribution is 0.102. The van der Waals surface area contributed by atoms with Crippen LogP contribution in [-0.2, 0) is 0 Å². The van der Waals surface area contributed by atoms with Crippen LogP contribution in [-0.4, -0.2) is 37.5 Å². The summed E-state index contributed by atoms with van der Waals surface area (Å²) in [5.41, 5.74) is 4.92. The summed E-state index contributed by atoms with van der Waals surface area (Å²) in [6.45, 7) is 3.87. The van der Waals surface area contributed by atoms with Gasteiger partial charge in [-0.05, 0) is 43.2 Å². The summed E-state index contributed by atoms with van der Waals surface area (Å²) < 4.78 is 12.3. The molecule has 9 nitrogen and oxygen atoms in total. The highest BCUT2D eigenvalue weighted by Gasteiger charge is 2.16. The topological polar surface area (TPSA) is 107 Å². The van der Waals surface area contributed by atoms with Gasteiger partial charge in [0.1, 0.15) is 22.8 Å². The molecule has 0 saturated heterocycles. The van der Waals surface area contributed by atoms with Crippen molar-refractivity contribution in [3.8, 4) is 28.7 Å². The Labute approximate surface area is 189 Å². The lowest BCUT2D eigenvalue weighted by Crippen LogP contribution is -2.15. The molecule has 0 fully saturated rings. The lowest BCUT2D eigenvalue weighted by atomic mass is 10.1. The van der Waals surface area contributed by atoms with E-state index in [-0.39, 0.29) is 5.91 Å². The van der Waals surface area contributed by atoms with E-state index in [1.54, 1.807) is 36.0 Å². The number of anilines is 1. The number of rotatable bonds is 5. The first kappa shape index (κ1) is 20.4. The minimum atomic E-state index is -0.287. The first-order valence-corrected chi connectivity index (χ1v) is 10.2. The van der Waals surface area contributed by atoms with E-state index in [1.807, 2.05) is 44.2 Å². The summed E-state index contributed by atoms with van der Waals surface area (Å²) in [6.07, 6.45) is 5.03. The van der Waals surface area contributed by atoms with Crippen molar-refractivity contribution in [2.75, 3.05) is 12.4 Å². The minimum absolute atomic E-state index is 0.287. The fourth-order valence-corrected chi connectivity index (χ4v) is 3.38. The summed E-state index contributed by atoms with van der Waals surface area (Å²) in [4.78, 5) is 26.1. The normalized spacial score (nSPS) is 11.0. The van der Waals surface area contributed by atoms with Gasteiger partial charge in [-0.25, -0.2) is 4.98 Å². The van der Waals surface area contributed by atoms with Crippen molar-refractivity contribution in [1.29, 1.82) is 0 Å². The van der Waals surface area contributed by atoms with Crippen LogP contribution in [0, 0.1) is 13.8 Å². The average molecular weight is 440 g/mol. The Morgan fingerprint density at radius 1 is 1.06 bits per heavy atom. The maximum absolute atomic E-state index is 13.0. The van der Waals surface area contributed by atoms with Crippen molar-refractivity contribution in [3.63, 3.8) is 0 Å². The van der Waals surface area contributed by atoms with E-state index in [0.29, 0.717) is 45.8 Å². The molecule has 0 bridgehead atoms. The highest BCUT2D eigenvalue weighted by atomic mass is 16.5. The predicted molar refractivity (Wildman–Crippen MR) is 122 cm³/mol. The number of aryl methyl sites for hydroxylation is 2. The maximum atomic E-state index is 13.0. The van der Waals surface area contributed by atoms with Gasteiger partial charge in [0, 0.05) is 29.7 Å². The third kappa shape index (κ3) is 3.91. The Kier molecular flexibility index (Phi) is 5.06. The van der Waals surface area contributed by atoms with Crippen molar-refractivity contribution in [1.82, 2.24) is 24.5 Å². The van der Waals surface area contributed by atoms with Gasteiger partial charge in [0.05, 0.1) is 13.3 Å².